The monoisotopic (exact) mass is 366 g/mol. The summed E-state index contributed by atoms with van der Waals surface area (Å²) < 4.78 is 0. The van der Waals surface area contributed by atoms with Crippen LogP contribution in [-0.2, 0) is 4.79 Å². The summed E-state index contributed by atoms with van der Waals surface area (Å²) in [6, 6.07) is 6.89. The lowest BCUT2D eigenvalue weighted by Crippen LogP contribution is -2.44. The van der Waals surface area contributed by atoms with Crippen molar-refractivity contribution in [2.24, 2.45) is 5.41 Å². The van der Waals surface area contributed by atoms with Gasteiger partial charge in [-0.3, -0.25) is 9.59 Å². The fourth-order valence-corrected chi connectivity index (χ4v) is 4.43. The van der Waals surface area contributed by atoms with Crippen molar-refractivity contribution in [1.29, 1.82) is 0 Å². The van der Waals surface area contributed by atoms with Gasteiger partial charge in [0.2, 0.25) is 5.91 Å². The number of likely N-dealkylation sites (tertiary alicyclic amines) is 1. The summed E-state index contributed by atoms with van der Waals surface area (Å²) in [5, 5.41) is 4.06. The Balaban J connectivity index is 1.40. The number of carbonyl (C=O) groups is 2. The molecule has 0 aliphatic carbocycles. The second-order valence-electron chi connectivity index (χ2n) is 6.73. The number of nitrogens with zero attached hydrogens (tertiary/aromatic N) is 1. The number of hydrogen-bond donors (Lipinski definition) is 1. The molecule has 4 nitrogen and oxygen atoms in total. The molecule has 2 aliphatic rings. The van der Waals surface area contributed by atoms with Gasteiger partial charge in [-0.1, -0.05) is 11.6 Å². The lowest BCUT2D eigenvalue weighted by molar-refractivity contribution is -0.130. The Morgan fingerprint density at radius 1 is 1.12 bits per heavy atom. The van der Waals surface area contributed by atoms with Gasteiger partial charge >= 0.3 is 0 Å². The molecule has 24 heavy (non-hydrogen) atoms. The highest BCUT2D eigenvalue weighted by molar-refractivity contribution is 8.00. The van der Waals surface area contributed by atoms with Gasteiger partial charge < -0.3 is 10.2 Å². The largest absolute Gasteiger partial charge is 0.342 e. The van der Waals surface area contributed by atoms with Crippen LogP contribution in [-0.4, -0.2) is 54.3 Å². The van der Waals surface area contributed by atoms with E-state index in [2.05, 4.69) is 5.32 Å². The lowest BCUT2D eigenvalue weighted by atomic mass is 9.78. The number of hydrogen-bond acceptors (Lipinski definition) is 4. The zero-order valence-electron chi connectivity index (χ0n) is 13.7. The summed E-state index contributed by atoms with van der Waals surface area (Å²) in [6.07, 6.45) is 3.43. The van der Waals surface area contributed by atoms with Gasteiger partial charge in [0.25, 0.3) is 0 Å². The highest BCUT2D eigenvalue weighted by atomic mass is 35.5. The minimum absolute atomic E-state index is 0.0408. The Morgan fingerprint density at radius 3 is 2.46 bits per heavy atom. The number of nitrogens with one attached hydrogen (secondary N) is 1. The molecule has 1 N–H and O–H groups in total. The first kappa shape index (κ1) is 17.8. The molecule has 2 aliphatic heterocycles. The van der Waals surface area contributed by atoms with Crippen molar-refractivity contribution in [2.75, 3.05) is 37.7 Å². The average Bonchev–Trinajstić information content (AvgIpc) is 3.04. The molecule has 0 aromatic heterocycles. The number of Topliss-reactive ketones (excluding diaryl/α,β-unsaturated/α-hetero) is 1. The van der Waals surface area contributed by atoms with Gasteiger partial charge in [-0.15, -0.1) is 11.8 Å². The van der Waals surface area contributed by atoms with Gasteiger partial charge in [0.05, 0.1) is 11.5 Å². The van der Waals surface area contributed by atoms with Crippen molar-refractivity contribution >= 4 is 35.1 Å². The summed E-state index contributed by atoms with van der Waals surface area (Å²) >= 11 is 7.22. The third kappa shape index (κ3) is 4.32. The van der Waals surface area contributed by atoms with Crippen molar-refractivity contribution < 1.29 is 9.59 Å². The number of amides is 1. The summed E-state index contributed by atoms with van der Waals surface area (Å²) in [6.45, 7) is 3.91. The first-order valence-corrected chi connectivity index (χ1v) is 9.96. The van der Waals surface area contributed by atoms with Crippen molar-refractivity contribution in [3.05, 3.63) is 34.9 Å². The highest BCUT2D eigenvalue weighted by Gasteiger charge is 2.37. The first-order valence-electron chi connectivity index (χ1n) is 8.43. The van der Waals surface area contributed by atoms with E-state index in [0.717, 1.165) is 39.0 Å². The van der Waals surface area contributed by atoms with Crippen molar-refractivity contribution in [3.63, 3.8) is 0 Å². The van der Waals surface area contributed by atoms with Gasteiger partial charge in [0, 0.05) is 30.2 Å². The average molecular weight is 367 g/mol. The third-order valence-corrected chi connectivity index (χ3v) is 6.30. The molecule has 0 atom stereocenters. The predicted octanol–water partition coefficient (Wildman–Crippen LogP) is 2.86. The molecule has 0 bridgehead atoms. The van der Waals surface area contributed by atoms with E-state index in [1.165, 1.54) is 18.2 Å². The maximum Gasteiger partial charge on any atom is 0.232 e. The van der Waals surface area contributed by atoms with Crippen LogP contribution in [0, 0.1) is 5.41 Å². The van der Waals surface area contributed by atoms with Gasteiger partial charge in [0.1, 0.15) is 0 Å². The first-order chi connectivity index (χ1) is 11.6. The van der Waals surface area contributed by atoms with Gasteiger partial charge in [-0.05, 0) is 55.5 Å². The van der Waals surface area contributed by atoms with Crippen LogP contribution in [0.3, 0.4) is 0 Å². The smallest absolute Gasteiger partial charge is 0.232 e. The molecule has 0 unspecified atom stereocenters. The van der Waals surface area contributed by atoms with E-state index in [4.69, 9.17) is 11.6 Å². The number of rotatable bonds is 5. The van der Waals surface area contributed by atoms with E-state index in [1.54, 1.807) is 24.3 Å². The minimum atomic E-state index is 0.0408. The molecule has 1 amide bonds. The summed E-state index contributed by atoms with van der Waals surface area (Å²) in [7, 11) is 0. The molecule has 130 valence electrons. The Kier molecular flexibility index (Phi) is 5.85. The van der Waals surface area contributed by atoms with E-state index in [-0.39, 0.29) is 11.7 Å². The zero-order chi connectivity index (χ0) is 17.0. The van der Waals surface area contributed by atoms with E-state index in [1.807, 2.05) is 4.90 Å². The quantitative estimate of drug-likeness (QED) is 0.814. The number of ketones is 1. The second kappa shape index (κ2) is 7.89. The molecule has 1 spiro atoms. The Hall–Kier alpha value is -1.04. The van der Waals surface area contributed by atoms with Crippen LogP contribution in [0.5, 0.6) is 0 Å². The summed E-state index contributed by atoms with van der Waals surface area (Å²) in [5.41, 5.74) is 1.07. The van der Waals surface area contributed by atoms with Crippen LogP contribution in [0.4, 0.5) is 0 Å². The van der Waals surface area contributed by atoms with Crippen LogP contribution < -0.4 is 5.32 Å². The van der Waals surface area contributed by atoms with E-state index in [9.17, 15) is 9.59 Å². The topological polar surface area (TPSA) is 49.4 Å². The summed E-state index contributed by atoms with van der Waals surface area (Å²) in [5.74, 6) is 0.906. The van der Waals surface area contributed by atoms with E-state index >= 15 is 0 Å². The zero-order valence-corrected chi connectivity index (χ0v) is 15.3. The molecule has 2 heterocycles. The normalized spacial score (nSPS) is 19.6. The van der Waals surface area contributed by atoms with Crippen LogP contribution in [0.25, 0.3) is 0 Å². The minimum Gasteiger partial charge on any atom is -0.342 e. The molecule has 0 saturated carbocycles. The standard InChI is InChI=1S/C18H23ClN2O2S/c19-15-3-1-14(2-4-15)16(22)11-24-12-17(23)21-9-6-18(7-10-21)5-8-20-13-18/h1-4,20H,5-13H2. The second-order valence-corrected chi connectivity index (χ2v) is 8.15. The van der Waals surface area contributed by atoms with Gasteiger partial charge in [-0.2, -0.15) is 0 Å². The number of thioether (sulfide) groups is 1. The third-order valence-electron chi connectivity index (χ3n) is 5.13. The van der Waals surface area contributed by atoms with Crippen molar-refractivity contribution in [3.8, 4) is 0 Å². The van der Waals surface area contributed by atoms with Crippen LogP contribution in [0.15, 0.2) is 24.3 Å². The maximum atomic E-state index is 12.3. The number of piperidine rings is 1. The Morgan fingerprint density at radius 2 is 1.83 bits per heavy atom. The number of carbonyl (C=O) groups excluding carboxylic acids is 2. The van der Waals surface area contributed by atoms with E-state index in [0.29, 0.717) is 27.5 Å². The molecule has 2 fully saturated rings. The SMILES string of the molecule is O=C(CSCC(=O)N1CCC2(CCNC2)CC1)c1ccc(Cl)cc1. The maximum absolute atomic E-state index is 12.3. The van der Waals surface area contributed by atoms with Crippen LogP contribution >= 0.6 is 23.4 Å². The molecule has 6 heteroatoms. The molecular formula is C18H23ClN2O2S. The molecule has 3 rings (SSSR count). The molecule has 2 saturated heterocycles. The van der Waals surface area contributed by atoms with Crippen molar-refractivity contribution in [2.45, 2.75) is 19.3 Å². The lowest BCUT2D eigenvalue weighted by Gasteiger charge is -2.38. The molecule has 1 aromatic carbocycles. The fourth-order valence-electron chi connectivity index (χ4n) is 3.49. The molecule has 0 radical (unpaired) electrons. The van der Waals surface area contributed by atoms with Crippen molar-refractivity contribution in [1.82, 2.24) is 10.2 Å². The van der Waals surface area contributed by atoms with E-state index < -0.39 is 0 Å². The fraction of sp³-hybridized carbons (Fsp3) is 0.556. The van der Waals surface area contributed by atoms with Crippen LogP contribution in [0.2, 0.25) is 5.02 Å². The number of halogens is 1. The Bertz CT molecular complexity index is 590. The summed E-state index contributed by atoms with van der Waals surface area (Å²) in [4.78, 5) is 26.4. The van der Waals surface area contributed by atoms with Gasteiger partial charge in [0.15, 0.2) is 5.78 Å². The van der Waals surface area contributed by atoms with Crippen LogP contribution in [0.1, 0.15) is 29.6 Å². The molecule has 1 aromatic rings. The number of benzene rings is 1. The Labute approximate surface area is 152 Å². The predicted molar refractivity (Wildman–Crippen MR) is 98.8 cm³/mol. The molecular weight excluding hydrogens is 344 g/mol. The van der Waals surface area contributed by atoms with Gasteiger partial charge in [-0.25, -0.2) is 0 Å². The highest BCUT2D eigenvalue weighted by Crippen LogP contribution is 2.36.